The van der Waals surface area contributed by atoms with Gasteiger partial charge in [0, 0.05) is 38.3 Å². The van der Waals surface area contributed by atoms with Crippen molar-refractivity contribution in [1.29, 1.82) is 0 Å². The molecule has 1 N–H and O–H groups in total. The fraction of sp³-hybridized carbons (Fsp3) is 0.333. The summed E-state index contributed by atoms with van der Waals surface area (Å²) >= 11 is 0. The zero-order valence-electron chi connectivity index (χ0n) is 15.3. The average molecular weight is 350 g/mol. The second-order valence-corrected chi connectivity index (χ2v) is 6.30. The number of carbonyl (C=O) groups excluding carboxylic acids is 1. The number of aryl methyl sites for hydroxylation is 1. The lowest BCUT2D eigenvalue weighted by atomic mass is 10.2. The van der Waals surface area contributed by atoms with Crippen LogP contribution in [0.3, 0.4) is 0 Å². The van der Waals surface area contributed by atoms with Gasteiger partial charge < -0.3 is 14.8 Å². The first-order valence-corrected chi connectivity index (χ1v) is 9.24. The van der Waals surface area contributed by atoms with E-state index >= 15 is 0 Å². The Morgan fingerprint density at radius 2 is 1.88 bits per heavy atom. The minimum absolute atomic E-state index is 0.0885. The molecule has 0 fully saturated rings. The number of amides is 1. The maximum absolute atomic E-state index is 12.1. The molecule has 1 amide bonds. The Kier molecular flexibility index (Phi) is 6.25. The number of nitrogens with one attached hydrogen (secondary N) is 1. The average Bonchev–Trinajstić information content (AvgIpc) is 3.10. The van der Waals surface area contributed by atoms with E-state index in [0.29, 0.717) is 19.5 Å². The van der Waals surface area contributed by atoms with Crippen molar-refractivity contribution in [2.24, 2.45) is 0 Å². The van der Waals surface area contributed by atoms with Crippen LogP contribution in [0.4, 0.5) is 5.69 Å². The number of rotatable bonds is 9. The number of hydrogen-bond acceptors (Lipinski definition) is 3. The number of hydrogen-bond donors (Lipinski definition) is 1. The standard InChI is InChI=1S/C21H26N4O/c1-2-24(18-9-4-3-5-10-18)15-8-14-22-21(26)13-16-25-17-23-19-11-6-7-12-20(19)25/h3-7,9-12,17H,2,8,13-16H2,1H3,(H,22,26). The van der Waals surface area contributed by atoms with E-state index in [0.717, 1.165) is 30.5 Å². The van der Waals surface area contributed by atoms with Crippen LogP contribution in [0.5, 0.6) is 0 Å². The van der Waals surface area contributed by atoms with E-state index in [-0.39, 0.29) is 5.91 Å². The molecule has 0 radical (unpaired) electrons. The van der Waals surface area contributed by atoms with Crippen molar-refractivity contribution in [2.45, 2.75) is 26.3 Å². The van der Waals surface area contributed by atoms with E-state index in [1.54, 1.807) is 6.33 Å². The molecule has 0 unspecified atom stereocenters. The van der Waals surface area contributed by atoms with Crippen LogP contribution in [-0.4, -0.2) is 35.1 Å². The molecule has 1 aromatic heterocycles. The molecule has 3 rings (SSSR count). The summed E-state index contributed by atoms with van der Waals surface area (Å²) in [6.45, 7) is 5.41. The van der Waals surface area contributed by atoms with Crippen molar-refractivity contribution in [1.82, 2.24) is 14.9 Å². The number of fused-ring (bicyclic) bond motifs is 1. The highest BCUT2D eigenvalue weighted by Crippen LogP contribution is 2.13. The van der Waals surface area contributed by atoms with Crippen LogP contribution in [0.1, 0.15) is 19.8 Å². The Morgan fingerprint density at radius 1 is 1.12 bits per heavy atom. The van der Waals surface area contributed by atoms with Gasteiger partial charge in [-0.2, -0.15) is 0 Å². The number of para-hydroxylation sites is 3. The molecule has 5 heteroatoms. The third-order valence-electron chi connectivity index (χ3n) is 4.54. The van der Waals surface area contributed by atoms with E-state index in [1.807, 2.05) is 34.9 Å². The largest absolute Gasteiger partial charge is 0.372 e. The van der Waals surface area contributed by atoms with E-state index in [1.165, 1.54) is 5.69 Å². The number of aromatic nitrogens is 2. The van der Waals surface area contributed by atoms with Crippen LogP contribution >= 0.6 is 0 Å². The van der Waals surface area contributed by atoms with Crippen LogP contribution in [0.15, 0.2) is 60.9 Å². The maximum atomic E-state index is 12.1. The third kappa shape index (κ3) is 4.63. The lowest BCUT2D eigenvalue weighted by Crippen LogP contribution is -2.30. The molecular weight excluding hydrogens is 324 g/mol. The summed E-state index contributed by atoms with van der Waals surface area (Å²) in [5.74, 6) is 0.0885. The molecule has 0 atom stereocenters. The minimum Gasteiger partial charge on any atom is -0.372 e. The molecule has 0 saturated heterocycles. The van der Waals surface area contributed by atoms with Crippen LogP contribution in [0.25, 0.3) is 11.0 Å². The molecule has 2 aromatic carbocycles. The predicted octanol–water partition coefficient (Wildman–Crippen LogP) is 3.46. The van der Waals surface area contributed by atoms with Gasteiger partial charge in [0.25, 0.3) is 0 Å². The monoisotopic (exact) mass is 350 g/mol. The van der Waals surface area contributed by atoms with Gasteiger partial charge in [-0.15, -0.1) is 0 Å². The van der Waals surface area contributed by atoms with Crippen LogP contribution < -0.4 is 10.2 Å². The molecule has 0 aliphatic heterocycles. The summed E-state index contributed by atoms with van der Waals surface area (Å²) < 4.78 is 2.03. The predicted molar refractivity (Wildman–Crippen MR) is 106 cm³/mol. The third-order valence-corrected chi connectivity index (χ3v) is 4.54. The highest BCUT2D eigenvalue weighted by Gasteiger charge is 2.06. The Balaban J connectivity index is 1.39. The van der Waals surface area contributed by atoms with Crippen molar-refractivity contribution in [3.05, 3.63) is 60.9 Å². The lowest BCUT2D eigenvalue weighted by molar-refractivity contribution is -0.121. The minimum atomic E-state index is 0.0885. The number of anilines is 1. The zero-order chi connectivity index (χ0) is 18.2. The molecule has 136 valence electrons. The molecule has 0 aliphatic rings. The van der Waals surface area contributed by atoms with Crippen LogP contribution in [0.2, 0.25) is 0 Å². The lowest BCUT2D eigenvalue weighted by Gasteiger charge is -2.23. The SMILES string of the molecule is CCN(CCCNC(=O)CCn1cnc2ccccc21)c1ccccc1. The summed E-state index contributed by atoms with van der Waals surface area (Å²) in [6, 6.07) is 18.4. The number of nitrogens with zero attached hydrogens (tertiary/aromatic N) is 3. The number of benzene rings is 2. The number of carbonyl (C=O) groups is 1. The molecular formula is C21H26N4O. The van der Waals surface area contributed by atoms with Crippen molar-refractivity contribution >= 4 is 22.6 Å². The van der Waals surface area contributed by atoms with E-state index in [4.69, 9.17) is 0 Å². The summed E-state index contributed by atoms with van der Waals surface area (Å²) in [6.07, 6.45) is 3.20. The first-order chi connectivity index (χ1) is 12.8. The second kappa shape index (κ2) is 9.04. The summed E-state index contributed by atoms with van der Waals surface area (Å²) in [7, 11) is 0. The summed E-state index contributed by atoms with van der Waals surface area (Å²) in [5, 5.41) is 3.02. The van der Waals surface area contributed by atoms with E-state index < -0.39 is 0 Å². The Bertz CT molecular complexity index is 828. The molecule has 5 nitrogen and oxygen atoms in total. The van der Waals surface area contributed by atoms with Crippen LogP contribution in [-0.2, 0) is 11.3 Å². The molecule has 1 heterocycles. The van der Waals surface area contributed by atoms with Gasteiger partial charge in [0.05, 0.1) is 17.4 Å². The van der Waals surface area contributed by atoms with Gasteiger partial charge in [-0.05, 0) is 37.6 Å². The van der Waals surface area contributed by atoms with Gasteiger partial charge in [-0.1, -0.05) is 30.3 Å². The normalized spacial score (nSPS) is 10.8. The quantitative estimate of drug-likeness (QED) is 0.601. The van der Waals surface area contributed by atoms with E-state index in [9.17, 15) is 4.79 Å². The zero-order valence-corrected chi connectivity index (χ0v) is 15.3. The molecule has 0 aliphatic carbocycles. The highest BCUT2D eigenvalue weighted by atomic mass is 16.1. The van der Waals surface area contributed by atoms with Gasteiger partial charge in [0.2, 0.25) is 5.91 Å². The molecule has 3 aromatic rings. The topological polar surface area (TPSA) is 50.2 Å². The second-order valence-electron chi connectivity index (χ2n) is 6.30. The first kappa shape index (κ1) is 18.0. The smallest absolute Gasteiger partial charge is 0.221 e. The molecule has 26 heavy (non-hydrogen) atoms. The molecule has 0 spiro atoms. The van der Waals surface area contributed by atoms with Crippen molar-refractivity contribution in [3.63, 3.8) is 0 Å². The van der Waals surface area contributed by atoms with E-state index in [2.05, 4.69) is 46.4 Å². The fourth-order valence-electron chi connectivity index (χ4n) is 3.11. The van der Waals surface area contributed by atoms with Gasteiger partial charge in [-0.3, -0.25) is 4.79 Å². The summed E-state index contributed by atoms with van der Waals surface area (Å²) in [5.41, 5.74) is 3.27. The Morgan fingerprint density at radius 3 is 2.69 bits per heavy atom. The van der Waals surface area contributed by atoms with Crippen molar-refractivity contribution < 1.29 is 4.79 Å². The Labute approximate surface area is 154 Å². The highest BCUT2D eigenvalue weighted by molar-refractivity contribution is 5.77. The maximum Gasteiger partial charge on any atom is 0.221 e. The van der Waals surface area contributed by atoms with Crippen LogP contribution in [0, 0.1) is 0 Å². The van der Waals surface area contributed by atoms with Crippen molar-refractivity contribution in [3.8, 4) is 0 Å². The number of imidazole rings is 1. The van der Waals surface area contributed by atoms with Gasteiger partial charge >= 0.3 is 0 Å². The van der Waals surface area contributed by atoms with Gasteiger partial charge in [-0.25, -0.2) is 4.98 Å². The first-order valence-electron chi connectivity index (χ1n) is 9.24. The molecule has 0 saturated carbocycles. The Hall–Kier alpha value is -2.82. The summed E-state index contributed by atoms with van der Waals surface area (Å²) in [4.78, 5) is 18.8. The van der Waals surface area contributed by atoms with Gasteiger partial charge in [0.1, 0.15) is 0 Å². The molecule has 0 bridgehead atoms. The van der Waals surface area contributed by atoms with Crippen molar-refractivity contribution in [2.75, 3.05) is 24.5 Å². The fourth-order valence-corrected chi connectivity index (χ4v) is 3.11. The van der Waals surface area contributed by atoms with Gasteiger partial charge in [0.15, 0.2) is 0 Å².